The second kappa shape index (κ2) is 7.17. The number of rotatable bonds is 4. The summed E-state index contributed by atoms with van der Waals surface area (Å²) in [4.78, 5) is 24.5. The Kier molecular flexibility index (Phi) is 4.95. The maximum absolute atomic E-state index is 13.1. The number of nitrogens with one attached hydrogen (secondary N) is 1. The number of ether oxygens (including phenoxy) is 1. The molecule has 134 valence electrons. The molecule has 0 aliphatic heterocycles. The summed E-state index contributed by atoms with van der Waals surface area (Å²) in [6.07, 6.45) is -1.10. The van der Waals surface area contributed by atoms with Gasteiger partial charge in [-0.3, -0.25) is 4.79 Å². The highest BCUT2D eigenvalue weighted by molar-refractivity contribution is 6.33. The average molecular weight is 376 g/mol. The number of anilines is 1. The van der Waals surface area contributed by atoms with E-state index in [2.05, 4.69) is 5.32 Å². The van der Waals surface area contributed by atoms with Crippen LogP contribution >= 0.6 is 11.6 Å². The summed E-state index contributed by atoms with van der Waals surface area (Å²) >= 11 is 5.87. The lowest BCUT2D eigenvalue weighted by Gasteiger charge is -2.13. The van der Waals surface area contributed by atoms with Gasteiger partial charge in [-0.25, -0.2) is 9.18 Å². The van der Waals surface area contributed by atoms with Crippen LogP contribution in [0.15, 0.2) is 46.9 Å². The second-order valence-corrected chi connectivity index (χ2v) is 6.12. The molecule has 5 nitrogen and oxygen atoms in total. The van der Waals surface area contributed by atoms with Gasteiger partial charge in [0.15, 0.2) is 6.10 Å². The smallest absolute Gasteiger partial charge is 0.375 e. The summed E-state index contributed by atoms with van der Waals surface area (Å²) in [6, 6.07) is 10.8. The molecule has 0 spiro atoms. The fraction of sp³-hybridized carbons (Fsp3) is 0.158. The maximum atomic E-state index is 13.1. The fourth-order valence-corrected chi connectivity index (χ4v) is 2.68. The van der Waals surface area contributed by atoms with Crippen LogP contribution in [-0.2, 0) is 9.53 Å². The van der Waals surface area contributed by atoms with E-state index in [1.54, 1.807) is 19.1 Å². The number of fused-ring (bicyclic) bond motifs is 1. The van der Waals surface area contributed by atoms with Gasteiger partial charge < -0.3 is 14.5 Å². The zero-order valence-corrected chi connectivity index (χ0v) is 14.8. The predicted molar refractivity (Wildman–Crippen MR) is 95.9 cm³/mol. The number of aryl methyl sites for hydroxylation is 1. The van der Waals surface area contributed by atoms with Crippen molar-refractivity contribution in [2.45, 2.75) is 20.0 Å². The van der Waals surface area contributed by atoms with Crippen molar-refractivity contribution in [1.82, 2.24) is 0 Å². The van der Waals surface area contributed by atoms with Crippen LogP contribution in [0.25, 0.3) is 11.0 Å². The molecule has 0 saturated heterocycles. The molecule has 0 bridgehead atoms. The number of carbonyl (C=O) groups excluding carboxylic acids is 2. The molecular weight excluding hydrogens is 361 g/mol. The molecule has 0 aliphatic carbocycles. The van der Waals surface area contributed by atoms with E-state index in [9.17, 15) is 14.0 Å². The summed E-state index contributed by atoms with van der Waals surface area (Å²) in [5.74, 6) is -1.81. The Hall–Kier alpha value is -2.86. The van der Waals surface area contributed by atoms with Crippen molar-refractivity contribution in [3.63, 3.8) is 0 Å². The third kappa shape index (κ3) is 3.55. The Morgan fingerprint density at radius 3 is 2.65 bits per heavy atom. The van der Waals surface area contributed by atoms with Crippen LogP contribution in [-0.4, -0.2) is 18.0 Å². The first-order valence-corrected chi connectivity index (χ1v) is 8.19. The lowest BCUT2D eigenvalue weighted by molar-refractivity contribution is -0.123. The molecular formula is C19H15ClFNO4. The van der Waals surface area contributed by atoms with E-state index in [0.717, 1.165) is 17.5 Å². The average Bonchev–Trinajstić information content (AvgIpc) is 2.94. The van der Waals surface area contributed by atoms with Gasteiger partial charge in [-0.1, -0.05) is 29.8 Å². The monoisotopic (exact) mass is 375 g/mol. The summed E-state index contributed by atoms with van der Waals surface area (Å²) in [5.41, 5.74) is 1.42. The first-order chi connectivity index (χ1) is 12.4. The molecule has 0 radical (unpaired) electrons. The van der Waals surface area contributed by atoms with Gasteiger partial charge in [0.2, 0.25) is 5.76 Å². The molecule has 1 amide bonds. The highest BCUT2D eigenvalue weighted by Gasteiger charge is 2.24. The van der Waals surface area contributed by atoms with E-state index in [1.807, 2.05) is 12.1 Å². The van der Waals surface area contributed by atoms with E-state index in [1.165, 1.54) is 13.0 Å². The fourth-order valence-electron chi connectivity index (χ4n) is 2.46. The number of furan rings is 1. The Labute approximate surface area is 153 Å². The van der Waals surface area contributed by atoms with Gasteiger partial charge in [-0.15, -0.1) is 0 Å². The van der Waals surface area contributed by atoms with Crippen molar-refractivity contribution in [3.05, 3.63) is 64.6 Å². The first-order valence-electron chi connectivity index (χ1n) is 7.82. The second-order valence-electron chi connectivity index (χ2n) is 5.71. The van der Waals surface area contributed by atoms with Gasteiger partial charge in [0.25, 0.3) is 5.91 Å². The van der Waals surface area contributed by atoms with Crippen molar-refractivity contribution >= 4 is 40.1 Å². The predicted octanol–water partition coefficient (Wildman–Crippen LogP) is 4.72. The van der Waals surface area contributed by atoms with Crippen LogP contribution in [0.3, 0.4) is 0 Å². The SMILES string of the molecule is Cc1c(C(=O)O[C@@H](C)C(=O)Nc2ccc(F)cc2Cl)oc2ccccc12. The number of hydrogen-bond acceptors (Lipinski definition) is 4. The van der Waals surface area contributed by atoms with Gasteiger partial charge in [-0.05, 0) is 38.1 Å². The van der Waals surface area contributed by atoms with E-state index < -0.39 is 23.8 Å². The first kappa shape index (κ1) is 17.9. The summed E-state index contributed by atoms with van der Waals surface area (Å²) in [5, 5.41) is 3.34. The molecule has 3 aromatic rings. The van der Waals surface area contributed by atoms with E-state index in [4.69, 9.17) is 20.8 Å². The topological polar surface area (TPSA) is 68.5 Å². The number of benzene rings is 2. The molecule has 3 rings (SSSR count). The molecule has 2 aromatic carbocycles. The highest BCUT2D eigenvalue weighted by atomic mass is 35.5. The van der Waals surface area contributed by atoms with Gasteiger partial charge in [0, 0.05) is 10.9 Å². The van der Waals surface area contributed by atoms with Gasteiger partial charge in [0.05, 0.1) is 10.7 Å². The van der Waals surface area contributed by atoms with Crippen LogP contribution in [0.1, 0.15) is 23.0 Å². The standard InChI is InChI=1S/C19H15ClFNO4/c1-10-13-5-3-4-6-16(13)26-17(10)19(24)25-11(2)18(23)22-15-8-7-12(21)9-14(15)20/h3-9,11H,1-2H3,(H,22,23)/t11-/m0/s1. The molecule has 1 atom stereocenters. The third-order valence-electron chi connectivity index (χ3n) is 3.87. The Morgan fingerprint density at radius 1 is 1.23 bits per heavy atom. The van der Waals surface area contributed by atoms with Crippen molar-refractivity contribution in [2.24, 2.45) is 0 Å². The Balaban J connectivity index is 1.71. The summed E-state index contributed by atoms with van der Waals surface area (Å²) < 4.78 is 23.8. The van der Waals surface area contributed by atoms with Crippen LogP contribution in [0, 0.1) is 12.7 Å². The molecule has 1 heterocycles. The number of esters is 1. The molecule has 1 aromatic heterocycles. The molecule has 7 heteroatoms. The van der Waals surface area contributed by atoms with Crippen LogP contribution in [0.2, 0.25) is 5.02 Å². The minimum absolute atomic E-state index is 0.0463. The number of hydrogen-bond donors (Lipinski definition) is 1. The van der Waals surface area contributed by atoms with E-state index in [-0.39, 0.29) is 16.5 Å². The largest absolute Gasteiger partial charge is 0.449 e. The minimum atomic E-state index is -1.10. The van der Waals surface area contributed by atoms with Crippen molar-refractivity contribution in [1.29, 1.82) is 0 Å². The Morgan fingerprint density at radius 2 is 1.96 bits per heavy atom. The number of halogens is 2. The van der Waals surface area contributed by atoms with E-state index >= 15 is 0 Å². The molecule has 1 N–H and O–H groups in total. The zero-order chi connectivity index (χ0) is 18.8. The number of para-hydroxylation sites is 1. The van der Waals surface area contributed by atoms with E-state index in [0.29, 0.717) is 11.1 Å². The van der Waals surface area contributed by atoms with Gasteiger partial charge in [0.1, 0.15) is 11.4 Å². The summed E-state index contributed by atoms with van der Waals surface area (Å²) in [6.45, 7) is 3.16. The maximum Gasteiger partial charge on any atom is 0.375 e. The Bertz CT molecular complexity index is 998. The quantitative estimate of drug-likeness (QED) is 0.670. The minimum Gasteiger partial charge on any atom is -0.449 e. The van der Waals surface area contributed by atoms with Gasteiger partial charge >= 0.3 is 5.97 Å². The molecule has 0 saturated carbocycles. The van der Waals surface area contributed by atoms with Crippen LogP contribution in [0.4, 0.5) is 10.1 Å². The van der Waals surface area contributed by atoms with Crippen LogP contribution in [0.5, 0.6) is 0 Å². The van der Waals surface area contributed by atoms with Crippen molar-refractivity contribution in [2.75, 3.05) is 5.32 Å². The number of carbonyl (C=O) groups is 2. The molecule has 0 fully saturated rings. The van der Waals surface area contributed by atoms with Crippen molar-refractivity contribution in [3.8, 4) is 0 Å². The normalized spacial score (nSPS) is 12.0. The third-order valence-corrected chi connectivity index (χ3v) is 4.18. The lowest BCUT2D eigenvalue weighted by Crippen LogP contribution is -2.30. The van der Waals surface area contributed by atoms with Crippen molar-refractivity contribution < 1.29 is 23.1 Å². The summed E-state index contributed by atoms with van der Waals surface area (Å²) in [7, 11) is 0. The lowest BCUT2D eigenvalue weighted by atomic mass is 10.1. The zero-order valence-electron chi connectivity index (χ0n) is 14.0. The molecule has 26 heavy (non-hydrogen) atoms. The molecule has 0 unspecified atom stereocenters. The number of amides is 1. The highest BCUT2D eigenvalue weighted by Crippen LogP contribution is 2.26. The van der Waals surface area contributed by atoms with Gasteiger partial charge in [-0.2, -0.15) is 0 Å². The van der Waals surface area contributed by atoms with Crippen LogP contribution < -0.4 is 5.32 Å². The molecule has 0 aliphatic rings.